The van der Waals surface area contributed by atoms with Crippen LogP contribution in [0.25, 0.3) is 11.3 Å². The summed E-state index contributed by atoms with van der Waals surface area (Å²) in [6.07, 6.45) is -0.883. The van der Waals surface area contributed by atoms with E-state index in [2.05, 4.69) is 0 Å². The van der Waals surface area contributed by atoms with Crippen molar-refractivity contribution < 1.29 is 9.52 Å². The summed E-state index contributed by atoms with van der Waals surface area (Å²) in [5, 5.41) is 18.7. The minimum atomic E-state index is -0.892. The molecule has 1 atom stereocenters. The van der Waals surface area contributed by atoms with Crippen molar-refractivity contribution in [3.63, 3.8) is 0 Å². The van der Waals surface area contributed by atoms with Crippen LogP contribution in [0.1, 0.15) is 18.3 Å². The maximum atomic E-state index is 9.60. The molecule has 2 rings (SSSR count). The van der Waals surface area contributed by atoms with Gasteiger partial charge in [-0.15, -0.1) is 0 Å². The summed E-state index contributed by atoms with van der Waals surface area (Å²) in [5.41, 5.74) is 0.768. The highest BCUT2D eigenvalue weighted by molar-refractivity contribution is 6.33. The fourth-order valence-corrected chi connectivity index (χ4v) is 1.75. The molecule has 0 unspecified atom stereocenters. The van der Waals surface area contributed by atoms with Gasteiger partial charge in [0, 0.05) is 5.56 Å². The largest absolute Gasteiger partial charge is 0.458 e. The number of halogens is 1. The lowest BCUT2D eigenvalue weighted by Gasteiger charge is -2.02. The molecular formula is C13H10ClNO2. The lowest BCUT2D eigenvalue weighted by molar-refractivity contribution is 0.156. The molecule has 1 aromatic carbocycles. The Morgan fingerprint density at radius 1 is 1.29 bits per heavy atom. The topological polar surface area (TPSA) is 57.2 Å². The zero-order valence-electron chi connectivity index (χ0n) is 8.93. The highest BCUT2D eigenvalue weighted by atomic mass is 35.5. The maximum absolute atomic E-state index is 9.60. The predicted octanol–water partition coefficient (Wildman–Crippen LogP) is 3.55. The van der Waals surface area contributed by atoms with Gasteiger partial charge in [0.15, 0.2) is 0 Å². The summed E-state index contributed by atoms with van der Waals surface area (Å²) < 4.78 is 5.48. The van der Waals surface area contributed by atoms with Gasteiger partial charge >= 0.3 is 0 Å². The first-order valence-electron chi connectivity index (χ1n) is 5.12. The quantitative estimate of drug-likeness (QED) is 0.902. The van der Waals surface area contributed by atoms with Crippen molar-refractivity contribution in [1.29, 1.82) is 5.26 Å². The van der Waals surface area contributed by atoms with Gasteiger partial charge in [0.1, 0.15) is 17.6 Å². The van der Waals surface area contributed by atoms with Gasteiger partial charge in [-0.05, 0) is 24.3 Å². The van der Waals surface area contributed by atoms with Crippen molar-refractivity contribution in [2.45, 2.75) is 12.5 Å². The van der Waals surface area contributed by atoms with Gasteiger partial charge in [-0.2, -0.15) is 5.26 Å². The standard InChI is InChI=1S/C13H10ClNO2/c14-10-4-2-1-3-9(10)12-5-6-13(17-12)11(16)7-8-15/h1-6,11,16H,7H2/t11-/m0/s1. The van der Waals surface area contributed by atoms with Crippen molar-refractivity contribution in [2.75, 3.05) is 0 Å². The van der Waals surface area contributed by atoms with Crippen LogP contribution in [0.2, 0.25) is 5.02 Å². The molecule has 0 aliphatic carbocycles. The molecule has 3 nitrogen and oxygen atoms in total. The van der Waals surface area contributed by atoms with Crippen LogP contribution >= 0.6 is 11.6 Å². The number of aliphatic hydroxyl groups excluding tert-OH is 1. The van der Waals surface area contributed by atoms with E-state index < -0.39 is 6.10 Å². The molecule has 2 aromatic rings. The third kappa shape index (κ3) is 2.50. The number of nitrogens with zero attached hydrogens (tertiary/aromatic N) is 1. The molecule has 0 aliphatic heterocycles. The highest BCUT2D eigenvalue weighted by Gasteiger charge is 2.13. The number of aliphatic hydroxyl groups is 1. The molecule has 0 saturated heterocycles. The average molecular weight is 248 g/mol. The molecule has 1 heterocycles. The second-order valence-electron chi connectivity index (χ2n) is 3.56. The van der Waals surface area contributed by atoms with Gasteiger partial charge in [-0.3, -0.25) is 0 Å². The minimum Gasteiger partial charge on any atom is -0.458 e. The third-order valence-corrected chi connectivity index (χ3v) is 2.71. The number of benzene rings is 1. The number of rotatable bonds is 3. The maximum Gasteiger partial charge on any atom is 0.135 e. The van der Waals surface area contributed by atoms with E-state index in [1.807, 2.05) is 24.3 Å². The van der Waals surface area contributed by atoms with Crippen molar-refractivity contribution in [2.24, 2.45) is 0 Å². The first kappa shape index (κ1) is 11.7. The molecule has 17 heavy (non-hydrogen) atoms. The highest BCUT2D eigenvalue weighted by Crippen LogP contribution is 2.31. The van der Waals surface area contributed by atoms with Crippen molar-refractivity contribution >= 4 is 11.6 Å². The second-order valence-corrected chi connectivity index (χ2v) is 3.97. The monoisotopic (exact) mass is 247 g/mol. The van der Waals surface area contributed by atoms with Gasteiger partial charge in [-0.1, -0.05) is 23.7 Å². The molecule has 0 amide bonds. The number of nitriles is 1. The summed E-state index contributed by atoms with van der Waals surface area (Å²) in [5.74, 6) is 0.962. The van der Waals surface area contributed by atoms with Gasteiger partial charge in [0.05, 0.1) is 17.5 Å². The zero-order valence-corrected chi connectivity index (χ0v) is 9.69. The van der Waals surface area contributed by atoms with E-state index in [1.54, 1.807) is 18.2 Å². The fraction of sp³-hybridized carbons (Fsp3) is 0.154. The first-order valence-corrected chi connectivity index (χ1v) is 5.50. The molecule has 0 spiro atoms. The number of hydrogen-bond acceptors (Lipinski definition) is 3. The molecule has 1 aromatic heterocycles. The summed E-state index contributed by atoms with van der Waals surface area (Å²) in [6, 6.07) is 12.6. The second kappa shape index (κ2) is 5.05. The SMILES string of the molecule is N#CC[C@H](O)c1ccc(-c2ccccc2Cl)o1. The van der Waals surface area contributed by atoms with Crippen LogP contribution < -0.4 is 0 Å². The van der Waals surface area contributed by atoms with E-state index >= 15 is 0 Å². The van der Waals surface area contributed by atoms with E-state index in [4.69, 9.17) is 21.3 Å². The van der Waals surface area contributed by atoms with Crippen LogP contribution in [-0.2, 0) is 0 Å². The normalized spacial score (nSPS) is 12.1. The smallest absolute Gasteiger partial charge is 0.135 e. The molecule has 0 aliphatic rings. The van der Waals surface area contributed by atoms with E-state index in [0.717, 1.165) is 5.56 Å². The van der Waals surface area contributed by atoms with E-state index in [0.29, 0.717) is 16.5 Å². The van der Waals surface area contributed by atoms with Crippen molar-refractivity contribution in [1.82, 2.24) is 0 Å². The third-order valence-electron chi connectivity index (χ3n) is 2.38. The van der Waals surface area contributed by atoms with Gasteiger partial charge in [0.2, 0.25) is 0 Å². The molecule has 0 fully saturated rings. The van der Waals surface area contributed by atoms with E-state index in [-0.39, 0.29) is 6.42 Å². The Balaban J connectivity index is 2.31. The average Bonchev–Trinajstić information content (AvgIpc) is 2.79. The van der Waals surface area contributed by atoms with Gasteiger partial charge < -0.3 is 9.52 Å². The van der Waals surface area contributed by atoms with E-state index in [9.17, 15) is 5.11 Å². The Hall–Kier alpha value is -1.76. The molecule has 0 saturated carbocycles. The minimum absolute atomic E-state index is 0.00940. The Morgan fingerprint density at radius 2 is 2.06 bits per heavy atom. The molecule has 0 bridgehead atoms. The number of hydrogen-bond donors (Lipinski definition) is 1. The zero-order chi connectivity index (χ0) is 12.3. The Morgan fingerprint density at radius 3 is 2.76 bits per heavy atom. The van der Waals surface area contributed by atoms with Gasteiger partial charge in [-0.25, -0.2) is 0 Å². The summed E-state index contributed by atoms with van der Waals surface area (Å²) >= 11 is 6.03. The van der Waals surface area contributed by atoms with Crippen molar-refractivity contribution in [3.8, 4) is 17.4 Å². The molecule has 4 heteroatoms. The molecule has 0 radical (unpaired) electrons. The summed E-state index contributed by atoms with van der Waals surface area (Å²) in [4.78, 5) is 0. The van der Waals surface area contributed by atoms with Crippen LogP contribution in [-0.4, -0.2) is 5.11 Å². The Bertz CT molecular complexity index is 557. The molecule has 86 valence electrons. The number of furan rings is 1. The lowest BCUT2D eigenvalue weighted by Crippen LogP contribution is -1.92. The fourth-order valence-electron chi connectivity index (χ4n) is 1.52. The predicted molar refractivity (Wildman–Crippen MR) is 64.3 cm³/mol. The lowest BCUT2D eigenvalue weighted by atomic mass is 10.2. The van der Waals surface area contributed by atoms with Crippen LogP contribution in [0, 0.1) is 11.3 Å². The Labute approximate surface area is 104 Å². The molecular weight excluding hydrogens is 238 g/mol. The van der Waals surface area contributed by atoms with Crippen LogP contribution in [0.3, 0.4) is 0 Å². The summed E-state index contributed by atoms with van der Waals surface area (Å²) in [7, 11) is 0. The Kier molecular flexibility index (Phi) is 3.48. The van der Waals surface area contributed by atoms with E-state index in [1.165, 1.54) is 0 Å². The van der Waals surface area contributed by atoms with Crippen LogP contribution in [0.5, 0.6) is 0 Å². The van der Waals surface area contributed by atoms with Crippen LogP contribution in [0.15, 0.2) is 40.8 Å². The summed E-state index contributed by atoms with van der Waals surface area (Å²) in [6.45, 7) is 0. The van der Waals surface area contributed by atoms with Gasteiger partial charge in [0.25, 0.3) is 0 Å². The van der Waals surface area contributed by atoms with Crippen LogP contribution in [0.4, 0.5) is 0 Å². The molecule has 1 N–H and O–H groups in total. The van der Waals surface area contributed by atoms with Crippen molar-refractivity contribution in [3.05, 3.63) is 47.2 Å². The first-order chi connectivity index (χ1) is 8.22.